The highest BCUT2D eigenvalue weighted by Crippen LogP contribution is 2.23. The first kappa shape index (κ1) is 21.2. The molecule has 5 rings (SSSR count). The predicted molar refractivity (Wildman–Crippen MR) is 127 cm³/mol. The van der Waals surface area contributed by atoms with Crippen molar-refractivity contribution >= 4 is 51.0 Å². The highest BCUT2D eigenvalue weighted by atomic mass is 35.5. The first-order valence-electron chi connectivity index (χ1n) is 10.5. The number of amides is 1. The first-order valence-corrected chi connectivity index (χ1v) is 11.3. The fourth-order valence-corrected chi connectivity index (χ4v) is 4.38. The van der Waals surface area contributed by atoms with Crippen LogP contribution >= 0.6 is 23.2 Å². The molecule has 2 aromatic heterocycles. The number of rotatable bonds is 6. The van der Waals surface area contributed by atoms with Crippen LogP contribution in [-0.4, -0.2) is 35.5 Å². The summed E-state index contributed by atoms with van der Waals surface area (Å²) in [6.07, 6.45) is 1.01. The third-order valence-electron chi connectivity index (χ3n) is 5.73. The summed E-state index contributed by atoms with van der Waals surface area (Å²) < 4.78 is 5.64. The van der Waals surface area contributed by atoms with Crippen LogP contribution in [0, 0.1) is 5.92 Å². The largest absolute Gasteiger partial charge is 0.451 e. The van der Waals surface area contributed by atoms with Gasteiger partial charge >= 0.3 is 0 Å². The summed E-state index contributed by atoms with van der Waals surface area (Å²) in [5.41, 5.74) is 6.01. The summed E-state index contributed by atoms with van der Waals surface area (Å²) in [5, 5.41) is 8.37. The van der Waals surface area contributed by atoms with Gasteiger partial charge < -0.3 is 9.73 Å². The average molecular weight is 469 g/mol. The van der Waals surface area contributed by atoms with Gasteiger partial charge in [0.05, 0.1) is 17.8 Å². The Morgan fingerprint density at radius 2 is 1.88 bits per heavy atom. The van der Waals surface area contributed by atoms with Gasteiger partial charge in [-0.3, -0.25) is 9.78 Å². The molecule has 8 heteroatoms. The molecule has 0 bridgehead atoms. The Morgan fingerprint density at radius 1 is 1.06 bits per heavy atom. The normalized spacial score (nSPS) is 16.8. The number of pyridine rings is 1. The molecule has 0 spiro atoms. The molecule has 6 nitrogen and oxygen atoms in total. The summed E-state index contributed by atoms with van der Waals surface area (Å²) >= 11 is 12.0. The molecule has 1 saturated heterocycles. The number of fused-ring (bicyclic) bond motifs is 2. The van der Waals surface area contributed by atoms with Gasteiger partial charge in [-0.05, 0) is 60.9 Å². The molecule has 1 aliphatic heterocycles. The van der Waals surface area contributed by atoms with Gasteiger partial charge in [-0.15, -0.1) is 0 Å². The van der Waals surface area contributed by atoms with Crippen LogP contribution in [0.4, 0.5) is 0 Å². The van der Waals surface area contributed by atoms with Gasteiger partial charge in [0.1, 0.15) is 5.58 Å². The minimum absolute atomic E-state index is 0.204. The zero-order chi connectivity index (χ0) is 22.1. The molecule has 4 aromatic rings. The molecule has 1 aliphatic rings. The van der Waals surface area contributed by atoms with E-state index >= 15 is 0 Å². The van der Waals surface area contributed by atoms with E-state index in [1.807, 2.05) is 30.3 Å². The maximum atomic E-state index is 12.5. The Bertz CT molecular complexity index is 1290. The van der Waals surface area contributed by atoms with Crippen molar-refractivity contribution < 1.29 is 9.21 Å². The molecule has 2 aromatic carbocycles. The summed E-state index contributed by atoms with van der Waals surface area (Å²) in [5.74, 6) is 0.472. The quantitative estimate of drug-likeness (QED) is 0.414. The van der Waals surface area contributed by atoms with E-state index in [-0.39, 0.29) is 5.91 Å². The molecule has 1 fully saturated rings. The van der Waals surface area contributed by atoms with Crippen LogP contribution < -0.4 is 10.7 Å². The topological polar surface area (TPSA) is 70.4 Å². The number of hydrazine groups is 1. The lowest BCUT2D eigenvalue weighted by atomic mass is 10.1. The van der Waals surface area contributed by atoms with Gasteiger partial charge in [0.25, 0.3) is 5.91 Å². The Kier molecular flexibility index (Phi) is 6.02. The number of hydrogen-bond acceptors (Lipinski definition) is 5. The van der Waals surface area contributed by atoms with Crippen LogP contribution in [0.25, 0.3) is 21.9 Å². The number of halogens is 2. The molecular weight excluding hydrogens is 447 g/mol. The lowest BCUT2D eigenvalue weighted by Gasteiger charge is -2.17. The fraction of sp³-hybridized carbons (Fsp3) is 0.250. The number of aromatic nitrogens is 1. The van der Waals surface area contributed by atoms with Crippen molar-refractivity contribution in [3.05, 3.63) is 76.1 Å². The van der Waals surface area contributed by atoms with E-state index in [4.69, 9.17) is 27.6 Å². The molecule has 0 saturated carbocycles. The monoisotopic (exact) mass is 468 g/mol. The Morgan fingerprint density at radius 3 is 2.75 bits per heavy atom. The van der Waals surface area contributed by atoms with Crippen LogP contribution in [0.3, 0.4) is 0 Å². The Labute approximate surface area is 195 Å². The number of carbonyl (C=O) groups is 1. The standard InChI is InChI=1S/C24H22Cl2N4O2/c25-18-2-5-21-16(9-18)1-4-20(29-21)13-28-30-8-7-15(14-30)12-27-24(31)23-11-17-10-19(26)3-6-22(17)32-23/h1-6,9-11,15,28H,7-8,12-14H2,(H,27,31). The van der Waals surface area contributed by atoms with Gasteiger partial charge in [-0.25, -0.2) is 10.4 Å². The molecule has 1 unspecified atom stereocenters. The highest BCUT2D eigenvalue weighted by Gasteiger charge is 2.23. The third-order valence-corrected chi connectivity index (χ3v) is 6.20. The van der Waals surface area contributed by atoms with Gasteiger partial charge in [-0.2, -0.15) is 0 Å². The van der Waals surface area contributed by atoms with Crippen LogP contribution in [0.1, 0.15) is 22.7 Å². The Hall–Kier alpha value is -2.64. The smallest absolute Gasteiger partial charge is 0.287 e. The molecule has 0 aliphatic carbocycles. The Balaban J connectivity index is 1.11. The van der Waals surface area contributed by atoms with Gasteiger partial charge in [-0.1, -0.05) is 29.3 Å². The zero-order valence-electron chi connectivity index (χ0n) is 17.3. The SMILES string of the molecule is O=C(NCC1CCN(NCc2ccc3cc(Cl)ccc3n2)C1)c1cc2cc(Cl)ccc2o1. The maximum absolute atomic E-state index is 12.5. The maximum Gasteiger partial charge on any atom is 0.287 e. The number of nitrogens with zero attached hydrogens (tertiary/aromatic N) is 2. The molecule has 2 N–H and O–H groups in total. The van der Waals surface area contributed by atoms with Crippen molar-refractivity contribution in [1.29, 1.82) is 0 Å². The van der Waals surface area contributed by atoms with Crippen LogP contribution in [-0.2, 0) is 6.54 Å². The molecular formula is C24H22Cl2N4O2. The predicted octanol–water partition coefficient (Wildman–Crippen LogP) is 5.04. The summed E-state index contributed by atoms with van der Waals surface area (Å²) in [4.78, 5) is 17.2. The van der Waals surface area contributed by atoms with Crippen LogP contribution in [0.2, 0.25) is 10.0 Å². The summed E-state index contributed by atoms with van der Waals surface area (Å²) in [6.45, 7) is 3.04. The second-order valence-corrected chi connectivity index (χ2v) is 8.95. The van der Waals surface area contributed by atoms with Crippen molar-refractivity contribution in [2.45, 2.75) is 13.0 Å². The summed E-state index contributed by atoms with van der Waals surface area (Å²) in [7, 11) is 0. The van der Waals surface area contributed by atoms with Crippen molar-refractivity contribution in [3.63, 3.8) is 0 Å². The van der Waals surface area contributed by atoms with Crippen molar-refractivity contribution in [3.8, 4) is 0 Å². The fourth-order valence-electron chi connectivity index (χ4n) is 4.02. The molecule has 1 amide bonds. The average Bonchev–Trinajstić information content (AvgIpc) is 3.42. The van der Waals surface area contributed by atoms with Crippen LogP contribution in [0.5, 0.6) is 0 Å². The van der Waals surface area contributed by atoms with Crippen molar-refractivity contribution in [2.75, 3.05) is 19.6 Å². The van der Waals surface area contributed by atoms with Gasteiger partial charge in [0.2, 0.25) is 0 Å². The third kappa shape index (κ3) is 4.74. The van der Waals surface area contributed by atoms with Crippen molar-refractivity contribution in [1.82, 2.24) is 20.7 Å². The van der Waals surface area contributed by atoms with E-state index in [9.17, 15) is 4.79 Å². The molecule has 0 radical (unpaired) electrons. The van der Waals surface area contributed by atoms with Crippen molar-refractivity contribution in [2.24, 2.45) is 5.92 Å². The van der Waals surface area contributed by atoms with E-state index in [0.717, 1.165) is 41.5 Å². The number of benzene rings is 2. The minimum Gasteiger partial charge on any atom is -0.451 e. The number of nitrogens with one attached hydrogen (secondary N) is 2. The molecule has 164 valence electrons. The molecule has 1 atom stereocenters. The second kappa shape index (κ2) is 9.08. The van der Waals surface area contributed by atoms with Gasteiger partial charge in [0.15, 0.2) is 5.76 Å². The van der Waals surface area contributed by atoms with Gasteiger partial charge in [0, 0.05) is 40.5 Å². The first-order chi connectivity index (χ1) is 15.5. The van der Waals surface area contributed by atoms with E-state index in [1.54, 1.807) is 24.3 Å². The lowest BCUT2D eigenvalue weighted by molar-refractivity contribution is 0.0921. The zero-order valence-corrected chi connectivity index (χ0v) is 18.8. The number of carbonyl (C=O) groups excluding carboxylic acids is 1. The lowest BCUT2D eigenvalue weighted by Crippen LogP contribution is -2.37. The van der Waals surface area contributed by atoms with E-state index in [0.29, 0.717) is 40.4 Å². The number of furan rings is 1. The molecule has 32 heavy (non-hydrogen) atoms. The summed E-state index contributed by atoms with van der Waals surface area (Å²) in [6, 6.07) is 16.8. The number of hydrogen-bond donors (Lipinski definition) is 2. The highest BCUT2D eigenvalue weighted by molar-refractivity contribution is 6.31. The van der Waals surface area contributed by atoms with E-state index < -0.39 is 0 Å². The minimum atomic E-state index is -0.204. The second-order valence-electron chi connectivity index (χ2n) is 8.08. The molecule has 3 heterocycles. The van der Waals surface area contributed by atoms with E-state index in [1.165, 1.54) is 0 Å². The van der Waals surface area contributed by atoms with Crippen LogP contribution in [0.15, 0.2) is 59.0 Å². The van der Waals surface area contributed by atoms with E-state index in [2.05, 4.69) is 20.7 Å².